The van der Waals surface area contributed by atoms with Crippen LogP contribution >= 0.6 is 11.6 Å². The van der Waals surface area contributed by atoms with E-state index >= 15 is 0 Å². The van der Waals surface area contributed by atoms with Crippen molar-refractivity contribution in [2.24, 2.45) is 0 Å². The Kier molecular flexibility index (Phi) is 4.30. The molecule has 0 aliphatic carbocycles. The number of rotatable bonds is 2. The second-order valence-corrected chi connectivity index (χ2v) is 7.90. The number of fused-ring (bicyclic) bond motifs is 3. The van der Waals surface area contributed by atoms with Crippen LogP contribution in [0.1, 0.15) is 27.7 Å². The largest absolute Gasteiger partial charge is 0.425 e. The number of halogens is 1. The van der Waals surface area contributed by atoms with Crippen molar-refractivity contribution >= 4 is 17.6 Å². The van der Waals surface area contributed by atoms with Gasteiger partial charge in [-0.15, -0.1) is 0 Å². The van der Waals surface area contributed by atoms with Gasteiger partial charge in [0.05, 0.1) is 0 Å². The molecule has 0 aromatic heterocycles. The number of ether oxygens (including phenoxy) is 6. The molecule has 1 aromatic carbocycles. The van der Waals surface area contributed by atoms with E-state index in [0.717, 1.165) is 0 Å². The van der Waals surface area contributed by atoms with Crippen LogP contribution in [0.3, 0.4) is 0 Å². The zero-order valence-corrected chi connectivity index (χ0v) is 15.7. The number of hydrogen-bond donors (Lipinski definition) is 0. The molecule has 0 bridgehead atoms. The maximum Gasteiger partial charge on any atom is 0.343 e. The van der Waals surface area contributed by atoms with Crippen molar-refractivity contribution in [3.63, 3.8) is 0 Å². The first kappa shape index (κ1) is 18.2. The quantitative estimate of drug-likeness (QED) is 0.573. The first-order valence-electron chi connectivity index (χ1n) is 8.48. The van der Waals surface area contributed by atoms with Gasteiger partial charge in [-0.2, -0.15) is 0 Å². The summed E-state index contributed by atoms with van der Waals surface area (Å²) < 4.78 is 34.8. The standard InChI is InChI=1S/C18H21ClO7/c1-17(2)23-11-12(24-17)14-16(26-18(3,4)25-14)22-13(11)15(20)21-10-7-5-9(19)6-8-10/h5-8,11-14,16H,1-4H3/t11-,12+,13+,14+,16-/m0/s1. The molecule has 3 aliphatic heterocycles. The van der Waals surface area contributed by atoms with Crippen LogP contribution in [0.25, 0.3) is 0 Å². The number of carbonyl (C=O) groups excluding carboxylic acids is 1. The molecular formula is C18H21ClO7. The maximum atomic E-state index is 12.7. The minimum absolute atomic E-state index is 0.365. The average Bonchev–Trinajstić information content (AvgIpc) is 3.02. The second-order valence-electron chi connectivity index (χ2n) is 7.47. The van der Waals surface area contributed by atoms with Crippen molar-refractivity contribution in [2.45, 2.75) is 70.0 Å². The zero-order valence-electron chi connectivity index (χ0n) is 14.9. The van der Waals surface area contributed by atoms with Crippen molar-refractivity contribution < 1.29 is 33.2 Å². The summed E-state index contributed by atoms with van der Waals surface area (Å²) in [6, 6.07) is 6.49. The van der Waals surface area contributed by atoms with Gasteiger partial charge in [0.2, 0.25) is 0 Å². The van der Waals surface area contributed by atoms with Crippen molar-refractivity contribution in [3.8, 4) is 5.75 Å². The summed E-state index contributed by atoms with van der Waals surface area (Å²) in [5.74, 6) is -1.94. The fourth-order valence-electron chi connectivity index (χ4n) is 3.48. The Balaban J connectivity index is 1.57. The van der Waals surface area contributed by atoms with Gasteiger partial charge >= 0.3 is 5.97 Å². The number of carbonyl (C=O) groups is 1. The summed E-state index contributed by atoms with van der Waals surface area (Å²) in [7, 11) is 0. The molecule has 0 N–H and O–H groups in total. The molecule has 0 spiro atoms. The third-order valence-electron chi connectivity index (χ3n) is 4.42. The van der Waals surface area contributed by atoms with Crippen molar-refractivity contribution in [1.29, 1.82) is 0 Å². The molecular weight excluding hydrogens is 364 g/mol. The molecule has 1 aromatic rings. The second kappa shape index (κ2) is 6.15. The van der Waals surface area contributed by atoms with Gasteiger partial charge in [-0.3, -0.25) is 0 Å². The summed E-state index contributed by atoms with van der Waals surface area (Å²) >= 11 is 5.86. The Morgan fingerprint density at radius 3 is 2.19 bits per heavy atom. The van der Waals surface area contributed by atoms with Crippen molar-refractivity contribution in [3.05, 3.63) is 29.3 Å². The van der Waals surface area contributed by atoms with E-state index in [-0.39, 0.29) is 0 Å². The molecule has 0 amide bonds. The molecule has 0 unspecified atom stereocenters. The van der Waals surface area contributed by atoms with Gasteiger partial charge in [0.1, 0.15) is 24.1 Å². The van der Waals surface area contributed by atoms with E-state index in [0.29, 0.717) is 10.8 Å². The molecule has 3 aliphatic rings. The van der Waals surface area contributed by atoms with Crippen LogP contribution in [0.2, 0.25) is 5.02 Å². The van der Waals surface area contributed by atoms with Crippen LogP contribution < -0.4 is 4.74 Å². The smallest absolute Gasteiger partial charge is 0.343 e. The molecule has 4 rings (SSSR count). The predicted octanol–water partition coefficient (Wildman–Crippen LogP) is 2.64. The normalized spacial score (nSPS) is 37.0. The Bertz CT molecular complexity index is 702. The highest BCUT2D eigenvalue weighted by atomic mass is 35.5. The molecule has 3 heterocycles. The maximum absolute atomic E-state index is 12.7. The lowest BCUT2D eigenvalue weighted by atomic mass is 9.99. The summed E-state index contributed by atoms with van der Waals surface area (Å²) in [5, 5.41) is 0.551. The van der Waals surface area contributed by atoms with E-state index in [4.69, 9.17) is 40.0 Å². The topological polar surface area (TPSA) is 72.5 Å². The number of benzene rings is 1. The molecule has 142 valence electrons. The molecule has 5 atom stereocenters. The Labute approximate surface area is 156 Å². The van der Waals surface area contributed by atoms with E-state index < -0.39 is 48.2 Å². The van der Waals surface area contributed by atoms with Crippen LogP contribution in [-0.4, -0.2) is 48.2 Å². The fourth-order valence-corrected chi connectivity index (χ4v) is 3.60. The van der Waals surface area contributed by atoms with Crippen LogP contribution in [0.15, 0.2) is 24.3 Å². The van der Waals surface area contributed by atoms with Gasteiger partial charge in [0.25, 0.3) is 0 Å². The lowest BCUT2D eigenvalue weighted by Crippen LogP contribution is -2.58. The molecule has 3 fully saturated rings. The lowest BCUT2D eigenvalue weighted by molar-refractivity contribution is -0.236. The Morgan fingerprint density at radius 1 is 0.923 bits per heavy atom. The minimum Gasteiger partial charge on any atom is -0.425 e. The average molecular weight is 385 g/mol. The fraction of sp³-hybridized carbons (Fsp3) is 0.611. The monoisotopic (exact) mass is 384 g/mol. The highest BCUT2D eigenvalue weighted by molar-refractivity contribution is 6.30. The SMILES string of the molecule is CC1(C)O[C@@H]2O[C@@H](C(=O)Oc3ccc(Cl)cc3)[C@H]3OC(C)(C)O[C@H]3[C@H]2O1. The third-order valence-corrected chi connectivity index (χ3v) is 4.67. The first-order chi connectivity index (χ1) is 12.1. The summed E-state index contributed by atoms with van der Waals surface area (Å²) in [5.41, 5.74) is 0. The van der Waals surface area contributed by atoms with Crippen LogP contribution in [0.5, 0.6) is 5.75 Å². The van der Waals surface area contributed by atoms with E-state index in [2.05, 4.69) is 0 Å². The molecule has 8 heteroatoms. The molecule has 0 radical (unpaired) electrons. The minimum atomic E-state index is -1.00. The van der Waals surface area contributed by atoms with Gasteiger partial charge in [-0.05, 0) is 52.0 Å². The molecule has 0 saturated carbocycles. The molecule has 7 nitrogen and oxygen atoms in total. The first-order valence-corrected chi connectivity index (χ1v) is 8.85. The van der Waals surface area contributed by atoms with E-state index in [1.807, 2.05) is 0 Å². The van der Waals surface area contributed by atoms with Gasteiger partial charge in [-0.25, -0.2) is 4.79 Å². The third kappa shape index (κ3) is 3.35. The Morgan fingerprint density at radius 2 is 1.50 bits per heavy atom. The highest BCUT2D eigenvalue weighted by Gasteiger charge is 2.62. The highest BCUT2D eigenvalue weighted by Crippen LogP contribution is 2.44. The number of esters is 1. The zero-order chi connectivity index (χ0) is 18.7. The van der Waals surface area contributed by atoms with Gasteiger partial charge in [0, 0.05) is 5.02 Å². The predicted molar refractivity (Wildman–Crippen MR) is 89.6 cm³/mol. The van der Waals surface area contributed by atoms with Gasteiger partial charge in [-0.1, -0.05) is 11.6 Å². The van der Waals surface area contributed by atoms with E-state index in [9.17, 15) is 4.79 Å². The van der Waals surface area contributed by atoms with Crippen LogP contribution in [0.4, 0.5) is 0 Å². The molecule has 3 saturated heterocycles. The summed E-state index contributed by atoms with van der Waals surface area (Å²) in [6.45, 7) is 7.13. The van der Waals surface area contributed by atoms with Gasteiger partial charge in [0.15, 0.2) is 24.0 Å². The van der Waals surface area contributed by atoms with Crippen LogP contribution in [-0.2, 0) is 28.5 Å². The van der Waals surface area contributed by atoms with Crippen molar-refractivity contribution in [1.82, 2.24) is 0 Å². The Hall–Kier alpha value is -1.22. The number of hydrogen-bond acceptors (Lipinski definition) is 7. The van der Waals surface area contributed by atoms with Crippen LogP contribution in [0, 0.1) is 0 Å². The summed E-state index contributed by atoms with van der Waals surface area (Å²) in [6.07, 6.45) is -3.41. The van der Waals surface area contributed by atoms with Crippen molar-refractivity contribution in [2.75, 3.05) is 0 Å². The summed E-state index contributed by atoms with van der Waals surface area (Å²) in [4.78, 5) is 12.7. The molecule has 26 heavy (non-hydrogen) atoms. The van der Waals surface area contributed by atoms with Gasteiger partial charge < -0.3 is 28.4 Å². The van der Waals surface area contributed by atoms with E-state index in [1.165, 1.54) is 0 Å². The lowest BCUT2D eigenvalue weighted by Gasteiger charge is -2.35. The van der Waals surface area contributed by atoms with E-state index in [1.54, 1.807) is 52.0 Å².